The molecule has 1 atom stereocenters. The zero-order chi connectivity index (χ0) is 9.72. The number of hydrogen-bond donors (Lipinski definition) is 3. The predicted octanol–water partition coefficient (Wildman–Crippen LogP) is 0.0375. The molecule has 0 heterocycles. The molecule has 0 aromatic rings. The second kappa shape index (κ2) is 4.38. The lowest BCUT2D eigenvalue weighted by Crippen LogP contribution is -2.37. The standard InChI is InChI=1S/C7H11NO4/c1-4(2)8-5(7(11)12)3-6(9)10/h5,8H,1,3H2,2H3,(H,9,10)(H,11,12). The predicted molar refractivity (Wildman–Crippen MR) is 41.6 cm³/mol. The van der Waals surface area contributed by atoms with Crippen molar-refractivity contribution in [3.63, 3.8) is 0 Å². The van der Waals surface area contributed by atoms with Gasteiger partial charge in [-0.05, 0) is 6.92 Å². The van der Waals surface area contributed by atoms with E-state index in [0.29, 0.717) is 5.70 Å². The summed E-state index contributed by atoms with van der Waals surface area (Å²) in [6.07, 6.45) is -0.456. The summed E-state index contributed by atoms with van der Waals surface area (Å²) < 4.78 is 0. The Morgan fingerprint density at radius 1 is 1.50 bits per heavy atom. The third-order valence-corrected chi connectivity index (χ3v) is 1.10. The molecule has 0 spiro atoms. The number of rotatable bonds is 5. The minimum Gasteiger partial charge on any atom is -0.481 e. The van der Waals surface area contributed by atoms with Crippen LogP contribution in [-0.2, 0) is 9.59 Å². The molecule has 0 aliphatic heterocycles. The van der Waals surface area contributed by atoms with E-state index < -0.39 is 24.4 Å². The first-order chi connectivity index (χ1) is 5.43. The molecule has 68 valence electrons. The van der Waals surface area contributed by atoms with Crippen LogP contribution in [-0.4, -0.2) is 28.2 Å². The molecule has 0 bridgehead atoms. The molecule has 0 fully saturated rings. The van der Waals surface area contributed by atoms with Gasteiger partial charge in [-0.3, -0.25) is 4.79 Å². The Bertz CT molecular complexity index is 195. The monoisotopic (exact) mass is 173 g/mol. The highest BCUT2D eigenvalue weighted by Crippen LogP contribution is 1.95. The van der Waals surface area contributed by atoms with E-state index >= 15 is 0 Å². The van der Waals surface area contributed by atoms with Crippen molar-refractivity contribution in [2.24, 2.45) is 0 Å². The van der Waals surface area contributed by atoms with Gasteiger partial charge in [0.15, 0.2) is 0 Å². The highest BCUT2D eigenvalue weighted by molar-refractivity contribution is 5.80. The molecular formula is C7H11NO4. The Labute approximate surface area is 69.7 Å². The summed E-state index contributed by atoms with van der Waals surface area (Å²) in [5.41, 5.74) is 0.434. The Morgan fingerprint density at radius 3 is 2.25 bits per heavy atom. The van der Waals surface area contributed by atoms with Crippen molar-refractivity contribution >= 4 is 11.9 Å². The molecular weight excluding hydrogens is 162 g/mol. The average molecular weight is 173 g/mol. The highest BCUT2D eigenvalue weighted by Gasteiger charge is 2.19. The Balaban J connectivity index is 4.14. The van der Waals surface area contributed by atoms with Crippen LogP contribution in [0.1, 0.15) is 13.3 Å². The molecule has 0 rings (SSSR count). The summed E-state index contributed by atoms with van der Waals surface area (Å²) in [7, 11) is 0. The van der Waals surface area contributed by atoms with Crippen LogP contribution in [0.15, 0.2) is 12.3 Å². The third-order valence-electron chi connectivity index (χ3n) is 1.10. The van der Waals surface area contributed by atoms with Crippen molar-refractivity contribution in [2.45, 2.75) is 19.4 Å². The minimum atomic E-state index is -1.19. The van der Waals surface area contributed by atoms with Crippen LogP contribution < -0.4 is 5.32 Å². The number of hydrogen-bond acceptors (Lipinski definition) is 3. The number of carboxylic acids is 2. The normalized spacial score (nSPS) is 11.8. The number of aliphatic carboxylic acids is 2. The molecule has 0 amide bonds. The Hall–Kier alpha value is -1.52. The summed E-state index contributed by atoms with van der Waals surface area (Å²) in [5, 5.41) is 19.3. The molecule has 0 radical (unpaired) electrons. The minimum absolute atomic E-state index is 0.434. The molecule has 12 heavy (non-hydrogen) atoms. The van der Waals surface area contributed by atoms with Crippen molar-refractivity contribution < 1.29 is 19.8 Å². The van der Waals surface area contributed by atoms with Gasteiger partial charge in [0.1, 0.15) is 6.04 Å². The largest absolute Gasteiger partial charge is 0.481 e. The van der Waals surface area contributed by atoms with Gasteiger partial charge in [0.2, 0.25) is 0 Å². The van der Waals surface area contributed by atoms with Crippen molar-refractivity contribution in [2.75, 3.05) is 0 Å². The molecule has 0 aromatic heterocycles. The van der Waals surface area contributed by atoms with Gasteiger partial charge >= 0.3 is 11.9 Å². The van der Waals surface area contributed by atoms with Crippen LogP contribution in [0.5, 0.6) is 0 Å². The van der Waals surface area contributed by atoms with Crippen LogP contribution in [0.2, 0.25) is 0 Å². The molecule has 3 N–H and O–H groups in total. The summed E-state index contributed by atoms with van der Waals surface area (Å²) in [6.45, 7) is 4.98. The molecule has 5 nitrogen and oxygen atoms in total. The van der Waals surface area contributed by atoms with E-state index in [1.165, 1.54) is 0 Å². The molecule has 1 unspecified atom stereocenters. The quantitative estimate of drug-likeness (QED) is 0.546. The topological polar surface area (TPSA) is 86.6 Å². The number of nitrogens with one attached hydrogen (secondary N) is 1. The lowest BCUT2D eigenvalue weighted by Gasteiger charge is -2.12. The van der Waals surface area contributed by atoms with Crippen LogP contribution in [0, 0.1) is 0 Å². The second-order valence-corrected chi connectivity index (χ2v) is 2.41. The van der Waals surface area contributed by atoms with E-state index in [-0.39, 0.29) is 0 Å². The van der Waals surface area contributed by atoms with Crippen LogP contribution >= 0.6 is 0 Å². The summed E-state index contributed by atoms with van der Waals surface area (Å²) >= 11 is 0. The summed E-state index contributed by atoms with van der Waals surface area (Å²) in [4.78, 5) is 20.6. The molecule has 0 saturated carbocycles. The lowest BCUT2D eigenvalue weighted by atomic mass is 10.2. The van der Waals surface area contributed by atoms with E-state index in [4.69, 9.17) is 10.2 Å². The van der Waals surface area contributed by atoms with Crippen molar-refractivity contribution in [1.29, 1.82) is 0 Å². The van der Waals surface area contributed by atoms with Gasteiger partial charge in [-0.15, -0.1) is 0 Å². The molecule has 0 aromatic carbocycles. The Kier molecular flexibility index (Phi) is 3.82. The van der Waals surface area contributed by atoms with Crippen LogP contribution in [0.4, 0.5) is 0 Å². The maximum absolute atomic E-state index is 10.4. The maximum Gasteiger partial charge on any atom is 0.326 e. The maximum atomic E-state index is 10.4. The molecule has 0 saturated heterocycles. The molecule has 0 aliphatic rings. The highest BCUT2D eigenvalue weighted by atomic mass is 16.4. The first kappa shape index (κ1) is 10.5. The average Bonchev–Trinajstić information content (AvgIpc) is 1.83. The zero-order valence-corrected chi connectivity index (χ0v) is 6.70. The van der Waals surface area contributed by atoms with E-state index in [1.807, 2.05) is 0 Å². The van der Waals surface area contributed by atoms with Gasteiger partial charge in [0.25, 0.3) is 0 Å². The molecule has 0 aliphatic carbocycles. The van der Waals surface area contributed by atoms with E-state index in [2.05, 4.69) is 11.9 Å². The van der Waals surface area contributed by atoms with Crippen LogP contribution in [0.3, 0.4) is 0 Å². The fourth-order valence-corrected chi connectivity index (χ4v) is 0.672. The van der Waals surface area contributed by atoms with Crippen molar-refractivity contribution in [3.05, 3.63) is 12.3 Å². The smallest absolute Gasteiger partial charge is 0.326 e. The third kappa shape index (κ3) is 4.32. The van der Waals surface area contributed by atoms with Gasteiger partial charge in [-0.2, -0.15) is 0 Å². The van der Waals surface area contributed by atoms with Gasteiger partial charge in [0.05, 0.1) is 6.42 Å². The van der Waals surface area contributed by atoms with Gasteiger partial charge in [-0.25, -0.2) is 4.79 Å². The Morgan fingerprint density at radius 2 is 2.00 bits per heavy atom. The van der Waals surface area contributed by atoms with E-state index in [1.54, 1.807) is 6.92 Å². The van der Waals surface area contributed by atoms with Crippen LogP contribution in [0.25, 0.3) is 0 Å². The first-order valence-electron chi connectivity index (χ1n) is 3.30. The van der Waals surface area contributed by atoms with Gasteiger partial charge < -0.3 is 15.5 Å². The number of allylic oxidation sites excluding steroid dienone is 1. The second-order valence-electron chi connectivity index (χ2n) is 2.41. The first-order valence-corrected chi connectivity index (χ1v) is 3.30. The fourth-order valence-electron chi connectivity index (χ4n) is 0.672. The number of carboxylic acid groups (broad SMARTS) is 2. The van der Waals surface area contributed by atoms with E-state index in [9.17, 15) is 9.59 Å². The molecule has 5 heteroatoms. The zero-order valence-electron chi connectivity index (χ0n) is 6.70. The van der Waals surface area contributed by atoms with E-state index in [0.717, 1.165) is 0 Å². The SMILES string of the molecule is C=C(C)NC(CC(=O)O)C(=O)O. The van der Waals surface area contributed by atoms with Gasteiger partial charge in [-0.1, -0.05) is 6.58 Å². The summed E-state index contributed by atoms with van der Waals surface area (Å²) in [5.74, 6) is -2.35. The number of carbonyl (C=O) groups is 2. The van der Waals surface area contributed by atoms with Crippen molar-refractivity contribution in [1.82, 2.24) is 5.32 Å². The van der Waals surface area contributed by atoms with Gasteiger partial charge in [0, 0.05) is 5.70 Å². The summed E-state index contributed by atoms with van der Waals surface area (Å²) in [6, 6.07) is -1.10. The lowest BCUT2D eigenvalue weighted by molar-refractivity contribution is -0.145. The fraction of sp³-hybridized carbons (Fsp3) is 0.429. The van der Waals surface area contributed by atoms with Crippen molar-refractivity contribution in [3.8, 4) is 0 Å².